The molecule has 3 heterocycles. The number of hydrogen-bond acceptors (Lipinski definition) is 5. The highest BCUT2D eigenvalue weighted by molar-refractivity contribution is 6.06. The highest BCUT2D eigenvalue weighted by atomic mass is 19.1. The van der Waals surface area contributed by atoms with E-state index in [0.717, 1.165) is 6.42 Å². The number of anilines is 1. The van der Waals surface area contributed by atoms with Crippen LogP contribution in [0.1, 0.15) is 36.9 Å². The Morgan fingerprint density at radius 3 is 2.74 bits per heavy atom. The zero-order chi connectivity index (χ0) is 19.0. The summed E-state index contributed by atoms with van der Waals surface area (Å²) in [5.74, 6) is -0.233. The summed E-state index contributed by atoms with van der Waals surface area (Å²) in [6.45, 7) is 3.82. The van der Waals surface area contributed by atoms with Gasteiger partial charge in [-0.1, -0.05) is 32.0 Å². The molecule has 3 aromatic rings. The molecule has 7 nitrogen and oxygen atoms in total. The van der Waals surface area contributed by atoms with Gasteiger partial charge in [-0.15, -0.1) is 0 Å². The molecule has 1 aliphatic rings. The molecule has 4 atom stereocenters. The zero-order valence-corrected chi connectivity index (χ0v) is 15.0. The number of benzene rings is 1. The van der Waals surface area contributed by atoms with Crippen LogP contribution in [0.5, 0.6) is 0 Å². The molecule has 8 heteroatoms. The maximum absolute atomic E-state index is 14.8. The molecule has 0 spiro atoms. The Labute approximate surface area is 155 Å². The number of ether oxygens (including phenoxy) is 1. The number of amides is 1. The maximum Gasteiger partial charge on any atom is 0.256 e. The average molecular weight is 369 g/mol. The van der Waals surface area contributed by atoms with Crippen molar-refractivity contribution in [2.45, 2.75) is 38.8 Å². The summed E-state index contributed by atoms with van der Waals surface area (Å²) >= 11 is 0. The summed E-state index contributed by atoms with van der Waals surface area (Å²) in [7, 11) is 0. The van der Waals surface area contributed by atoms with Gasteiger partial charge in [-0.3, -0.25) is 9.36 Å². The predicted octanol–water partition coefficient (Wildman–Crippen LogP) is 3.36. The van der Waals surface area contributed by atoms with Crippen molar-refractivity contribution in [2.24, 2.45) is 5.92 Å². The summed E-state index contributed by atoms with van der Waals surface area (Å²) < 4.78 is 22.2. The predicted molar refractivity (Wildman–Crippen MR) is 98.0 cm³/mol. The Bertz CT molecular complexity index is 961. The van der Waals surface area contributed by atoms with Gasteiger partial charge in [-0.2, -0.15) is 0 Å². The fourth-order valence-corrected chi connectivity index (χ4v) is 3.43. The first-order valence-corrected chi connectivity index (χ1v) is 8.93. The van der Waals surface area contributed by atoms with Crippen molar-refractivity contribution in [3.63, 3.8) is 0 Å². The van der Waals surface area contributed by atoms with E-state index >= 15 is 0 Å². The SMILES string of the molecule is CC[C@H]1O[C@@H](n2cnc3c(NC(=O)c4ccccc4)ncnc32)[C@@H](F)C1C. The third kappa shape index (κ3) is 3.06. The number of imidazole rings is 1. The minimum Gasteiger partial charge on any atom is -0.351 e. The van der Waals surface area contributed by atoms with Gasteiger partial charge in [0.25, 0.3) is 5.91 Å². The van der Waals surface area contributed by atoms with Gasteiger partial charge in [0.05, 0.1) is 12.4 Å². The molecule has 1 saturated heterocycles. The van der Waals surface area contributed by atoms with Gasteiger partial charge in [-0.05, 0) is 18.6 Å². The molecule has 1 fully saturated rings. The molecule has 140 valence electrons. The van der Waals surface area contributed by atoms with E-state index in [1.54, 1.807) is 28.8 Å². The minimum absolute atomic E-state index is 0.151. The van der Waals surface area contributed by atoms with Crippen molar-refractivity contribution in [3.8, 4) is 0 Å². The van der Waals surface area contributed by atoms with E-state index in [2.05, 4.69) is 20.3 Å². The van der Waals surface area contributed by atoms with Crippen LogP contribution in [-0.2, 0) is 4.74 Å². The topological polar surface area (TPSA) is 81.9 Å². The summed E-state index contributed by atoms with van der Waals surface area (Å²) in [6, 6.07) is 8.81. The Hall–Kier alpha value is -2.87. The number of nitrogens with one attached hydrogen (secondary N) is 1. The number of fused-ring (bicyclic) bond motifs is 1. The molecular weight excluding hydrogens is 349 g/mol. The minimum atomic E-state index is -1.16. The summed E-state index contributed by atoms with van der Waals surface area (Å²) in [6.07, 6.45) is 1.44. The van der Waals surface area contributed by atoms with Crippen molar-refractivity contribution in [3.05, 3.63) is 48.5 Å². The van der Waals surface area contributed by atoms with Gasteiger partial charge >= 0.3 is 0 Å². The first-order valence-electron chi connectivity index (χ1n) is 8.93. The largest absolute Gasteiger partial charge is 0.351 e. The molecule has 27 heavy (non-hydrogen) atoms. The molecule has 1 N–H and O–H groups in total. The Morgan fingerprint density at radius 2 is 2.04 bits per heavy atom. The number of hydrogen-bond donors (Lipinski definition) is 1. The van der Waals surface area contributed by atoms with Gasteiger partial charge in [0.15, 0.2) is 29.4 Å². The zero-order valence-electron chi connectivity index (χ0n) is 15.0. The molecule has 1 unspecified atom stereocenters. The van der Waals surface area contributed by atoms with Crippen molar-refractivity contribution < 1.29 is 13.9 Å². The van der Waals surface area contributed by atoms with E-state index in [-0.39, 0.29) is 23.7 Å². The third-order valence-electron chi connectivity index (χ3n) is 4.98. The number of halogens is 1. The van der Waals surface area contributed by atoms with E-state index in [9.17, 15) is 9.18 Å². The number of aromatic nitrogens is 4. The van der Waals surface area contributed by atoms with Gasteiger partial charge in [0, 0.05) is 11.5 Å². The van der Waals surface area contributed by atoms with Gasteiger partial charge in [0.1, 0.15) is 6.33 Å². The van der Waals surface area contributed by atoms with Crippen LogP contribution in [0, 0.1) is 5.92 Å². The van der Waals surface area contributed by atoms with Crippen molar-refractivity contribution in [1.29, 1.82) is 0 Å². The normalized spacial score (nSPS) is 25.0. The highest BCUT2D eigenvalue weighted by Crippen LogP contribution is 2.38. The monoisotopic (exact) mass is 369 g/mol. The Morgan fingerprint density at radius 1 is 1.26 bits per heavy atom. The standard InChI is InChI=1S/C19H20FN5O2/c1-3-13-11(2)14(20)19(27-13)25-10-23-15-16(21-9-22-17(15)25)24-18(26)12-7-5-4-6-8-12/h4-11,13-14,19H,3H2,1-2H3,(H,21,22,24,26)/t11?,13-,14+,19-/m1/s1. The highest BCUT2D eigenvalue weighted by Gasteiger charge is 2.43. The molecule has 1 aliphatic heterocycles. The molecule has 1 aromatic carbocycles. The lowest BCUT2D eigenvalue weighted by molar-refractivity contribution is -0.0186. The summed E-state index contributed by atoms with van der Waals surface area (Å²) in [4.78, 5) is 25.1. The number of carbonyl (C=O) groups is 1. The molecule has 0 bridgehead atoms. The van der Waals surface area contributed by atoms with Crippen LogP contribution in [0.4, 0.5) is 10.2 Å². The summed E-state index contributed by atoms with van der Waals surface area (Å²) in [5.41, 5.74) is 1.32. The second-order valence-corrected chi connectivity index (χ2v) is 6.64. The van der Waals surface area contributed by atoms with Crippen molar-refractivity contribution >= 4 is 22.9 Å². The molecule has 4 rings (SSSR count). The molecule has 2 aromatic heterocycles. The number of alkyl halides is 1. The fraction of sp³-hybridized carbons (Fsp3) is 0.368. The molecule has 0 aliphatic carbocycles. The molecular formula is C19H20FN5O2. The van der Waals surface area contributed by atoms with Crippen LogP contribution in [0.2, 0.25) is 0 Å². The molecule has 0 saturated carbocycles. The van der Waals surface area contributed by atoms with Gasteiger partial charge in [-0.25, -0.2) is 19.3 Å². The van der Waals surface area contributed by atoms with E-state index in [1.165, 1.54) is 12.7 Å². The number of rotatable bonds is 4. The van der Waals surface area contributed by atoms with Crippen LogP contribution in [0.15, 0.2) is 43.0 Å². The first-order chi connectivity index (χ1) is 13.1. The van der Waals surface area contributed by atoms with Crippen molar-refractivity contribution in [1.82, 2.24) is 19.5 Å². The van der Waals surface area contributed by atoms with Gasteiger partial charge < -0.3 is 10.1 Å². The molecule has 1 amide bonds. The number of carbonyl (C=O) groups excluding carboxylic acids is 1. The van der Waals surface area contributed by atoms with Crippen LogP contribution in [0.3, 0.4) is 0 Å². The quantitative estimate of drug-likeness (QED) is 0.763. The molecule has 0 radical (unpaired) electrons. The Kier molecular flexibility index (Phi) is 4.57. The first kappa shape index (κ1) is 17.5. The van der Waals surface area contributed by atoms with Crippen LogP contribution < -0.4 is 5.32 Å². The maximum atomic E-state index is 14.8. The summed E-state index contributed by atoms with van der Waals surface area (Å²) in [5, 5.41) is 2.74. The average Bonchev–Trinajstić information content (AvgIpc) is 3.25. The lowest BCUT2D eigenvalue weighted by Crippen LogP contribution is -2.20. The van der Waals surface area contributed by atoms with Crippen LogP contribution in [0.25, 0.3) is 11.2 Å². The van der Waals surface area contributed by atoms with Crippen molar-refractivity contribution in [2.75, 3.05) is 5.32 Å². The lowest BCUT2D eigenvalue weighted by Gasteiger charge is -2.15. The van der Waals surface area contributed by atoms with E-state index in [4.69, 9.17) is 4.74 Å². The second kappa shape index (κ2) is 7.03. The Balaban J connectivity index is 1.65. The van der Waals surface area contributed by atoms with E-state index in [1.807, 2.05) is 19.9 Å². The second-order valence-electron chi connectivity index (χ2n) is 6.64. The van der Waals surface area contributed by atoms with Crippen LogP contribution >= 0.6 is 0 Å². The third-order valence-corrected chi connectivity index (χ3v) is 4.98. The lowest BCUT2D eigenvalue weighted by atomic mass is 10.00. The smallest absolute Gasteiger partial charge is 0.256 e. The van der Waals surface area contributed by atoms with E-state index in [0.29, 0.717) is 16.7 Å². The van der Waals surface area contributed by atoms with E-state index < -0.39 is 12.4 Å². The fourth-order valence-electron chi connectivity index (χ4n) is 3.43. The van der Waals surface area contributed by atoms with Crippen LogP contribution in [-0.4, -0.2) is 37.7 Å². The van der Waals surface area contributed by atoms with Gasteiger partial charge in [0.2, 0.25) is 0 Å². The number of nitrogens with zero attached hydrogens (tertiary/aromatic N) is 4.